The quantitative estimate of drug-likeness (QED) is 0.596. The van der Waals surface area contributed by atoms with Crippen LogP contribution in [0.15, 0.2) is 11.2 Å². The highest BCUT2D eigenvalue weighted by atomic mass is 32.2. The van der Waals surface area contributed by atoms with Gasteiger partial charge in [0.05, 0.1) is 0 Å². The maximum Gasteiger partial charge on any atom is 0.329 e. The van der Waals surface area contributed by atoms with Crippen LogP contribution in [-0.4, -0.2) is 18.5 Å². The molecule has 10 heavy (non-hydrogen) atoms. The SMILES string of the molecule is COC1C=C(F)SC1(F)F. The van der Waals surface area contributed by atoms with Crippen LogP contribution in [0.4, 0.5) is 13.2 Å². The van der Waals surface area contributed by atoms with Gasteiger partial charge in [-0.15, -0.1) is 0 Å². The van der Waals surface area contributed by atoms with Crippen LogP contribution in [0.25, 0.3) is 0 Å². The third kappa shape index (κ3) is 1.29. The minimum atomic E-state index is -3.14. The minimum Gasteiger partial charge on any atom is -0.370 e. The van der Waals surface area contributed by atoms with E-state index in [0.717, 1.165) is 13.2 Å². The van der Waals surface area contributed by atoms with E-state index >= 15 is 0 Å². The van der Waals surface area contributed by atoms with Crippen molar-refractivity contribution < 1.29 is 17.9 Å². The highest BCUT2D eigenvalue weighted by molar-refractivity contribution is 8.04. The normalized spacial score (nSPS) is 30.4. The van der Waals surface area contributed by atoms with Gasteiger partial charge in [0.1, 0.15) is 0 Å². The van der Waals surface area contributed by atoms with Crippen molar-refractivity contribution in [2.75, 3.05) is 7.11 Å². The van der Waals surface area contributed by atoms with Crippen LogP contribution >= 0.6 is 11.8 Å². The van der Waals surface area contributed by atoms with Crippen molar-refractivity contribution >= 4 is 11.8 Å². The summed E-state index contributed by atoms with van der Waals surface area (Å²) in [5, 5.41) is -4.02. The Balaban J connectivity index is 2.70. The number of methoxy groups -OCH3 is 1. The number of hydrogen-bond acceptors (Lipinski definition) is 2. The fourth-order valence-corrected chi connectivity index (χ4v) is 1.38. The van der Waals surface area contributed by atoms with Crippen molar-refractivity contribution in [1.82, 2.24) is 0 Å². The van der Waals surface area contributed by atoms with Crippen LogP contribution in [0.2, 0.25) is 0 Å². The number of thioether (sulfide) groups is 1. The van der Waals surface area contributed by atoms with Gasteiger partial charge in [0.25, 0.3) is 0 Å². The maximum atomic E-state index is 12.4. The van der Waals surface area contributed by atoms with Gasteiger partial charge in [-0.05, 0) is 17.8 Å². The molecule has 0 bridgehead atoms. The van der Waals surface area contributed by atoms with E-state index in [4.69, 9.17) is 0 Å². The molecule has 0 N–H and O–H groups in total. The smallest absolute Gasteiger partial charge is 0.329 e. The zero-order valence-corrected chi connectivity index (χ0v) is 5.92. The highest BCUT2D eigenvalue weighted by Gasteiger charge is 2.46. The molecule has 0 aromatic heterocycles. The van der Waals surface area contributed by atoms with E-state index < -0.39 is 16.5 Å². The number of hydrogen-bond donors (Lipinski definition) is 0. The van der Waals surface area contributed by atoms with Gasteiger partial charge in [0.2, 0.25) is 0 Å². The van der Waals surface area contributed by atoms with Crippen molar-refractivity contribution in [1.29, 1.82) is 0 Å². The lowest BCUT2D eigenvalue weighted by molar-refractivity contribution is -0.0278. The largest absolute Gasteiger partial charge is 0.370 e. The Kier molecular flexibility index (Phi) is 1.96. The van der Waals surface area contributed by atoms with Crippen LogP contribution in [0.1, 0.15) is 0 Å². The van der Waals surface area contributed by atoms with E-state index in [0.29, 0.717) is 0 Å². The van der Waals surface area contributed by atoms with E-state index in [-0.39, 0.29) is 11.8 Å². The Morgan fingerprint density at radius 1 is 1.70 bits per heavy atom. The lowest BCUT2D eigenvalue weighted by atomic mass is 10.4. The molecule has 0 fully saturated rings. The van der Waals surface area contributed by atoms with E-state index in [1.807, 2.05) is 0 Å². The van der Waals surface area contributed by atoms with Crippen LogP contribution in [0.5, 0.6) is 0 Å². The molecule has 1 nitrogen and oxygen atoms in total. The van der Waals surface area contributed by atoms with Gasteiger partial charge in [-0.2, -0.15) is 13.2 Å². The molecule has 0 aromatic rings. The van der Waals surface area contributed by atoms with Crippen LogP contribution in [0, 0.1) is 0 Å². The van der Waals surface area contributed by atoms with Crippen LogP contribution in [-0.2, 0) is 4.74 Å². The molecule has 0 aromatic carbocycles. The fraction of sp³-hybridized carbons (Fsp3) is 0.600. The molecule has 1 aliphatic heterocycles. The Hall–Kier alpha value is -0.160. The average molecular weight is 170 g/mol. The predicted octanol–water partition coefficient (Wildman–Crippen LogP) is 2.15. The Labute approximate surface area is 60.2 Å². The third-order valence-corrected chi connectivity index (χ3v) is 1.94. The third-order valence-electron chi connectivity index (χ3n) is 1.10. The molecular formula is C5H5F3OS. The Bertz CT molecular complexity index is 168. The molecule has 1 atom stereocenters. The van der Waals surface area contributed by atoms with E-state index in [1.165, 1.54) is 0 Å². The molecule has 0 aliphatic carbocycles. The van der Waals surface area contributed by atoms with Gasteiger partial charge >= 0.3 is 5.25 Å². The highest BCUT2D eigenvalue weighted by Crippen LogP contribution is 2.46. The predicted molar refractivity (Wildman–Crippen MR) is 32.5 cm³/mol. The summed E-state index contributed by atoms with van der Waals surface area (Å²) in [6.45, 7) is 0. The van der Waals surface area contributed by atoms with Crippen molar-refractivity contribution in [2.45, 2.75) is 11.4 Å². The van der Waals surface area contributed by atoms with E-state index in [9.17, 15) is 13.2 Å². The standard InChI is InChI=1S/C5H5F3OS/c1-9-3-2-4(6)10-5(3,7)8/h2-3H,1H3. The van der Waals surface area contributed by atoms with Crippen molar-refractivity contribution in [3.05, 3.63) is 11.2 Å². The van der Waals surface area contributed by atoms with E-state index in [1.54, 1.807) is 0 Å². The maximum absolute atomic E-state index is 12.4. The molecular weight excluding hydrogens is 165 g/mol. The molecule has 0 spiro atoms. The van der Waals surface area contributed by atoms with Gasteiger partial charge < -0.3 is 4.74 Å². The zero-order valence-electron chi connectivity index (χ0n) is 5.11. The van der Waals surface area contributed by atoms with Crippen molar-refractivity contribution in [3.8, 4) is 0 Å². The molecule has 58 valence electrons. The van der Waals surface area contributed by atoms with Gasteiger partial charge in [0, 0.05) is 7.11 Å². The summed E-state index contributed by atoms with van der Waals surface area (Å²) in [5.41, 5.74) is 0. The second-order valence-electron chi connectivity index (χ2n) is 1.79. The van der Waals surface area contributed by atoms with Gasteiger partial charge in [-0.1, -0.05) is 0 Å². The lowest BCUT2D eigenvalue weighted by Gasteiger charge is -2.14. The molecule has 1 unspecified atom stereocenters. The summed E-state index contributed by atoms with van der Waals surface area (Å²) in [4.78, 5) is 0. The van der Waals surface area contributed by atoms with Gasteiger partial charge in [-0.25, -0.2) is 0 Å². The second kappa shape index (κ2) is 2.47. The monoisotopic (exact) mass is 170 g/mol. The molecule has 0 saturated heterocycles. The number of alkyl halides is 2. The summed E-state index contributed by atoms with van der Waals surface area (Å²) in [7, 11) is 1.12. The summed E-state index contributed by atoms with van der Waals surface area (Å²) >= 11 is -0.109. The summed E-state index contributed by atoms with van der Waals surface area (Å²) in [6, 6.07) is 0. The van der Waals surface area contributed by atoms with Crippen LogP contribution in [0.3, 0.4) is 0 Å². The van der Waals surface area contributed by atoms with Gasteiger partial charge in [0.15, 0.2) is 11.3 Å². The summed E-state index contributed by atoms with van der Waals surface area (Å²) in [6.07, 6.45) is -0.650. The van der Waals surface area contributed by atoms with E-state index in [2.05, 4.69) is 4.74 Å². The average Bonchev–Trinajstić information content (AvgIpc) is 2.04. The molecule has 1 heterocycles. The Morgan fingerprint density at radius 2 is 2.30 bits per heavy atom. The first-order valence-electron chi connectivity index (χ1n) is 2.53. The lowest BCUT2D eigenvalue weighted by Crippen LogP contribution is -2.25. The Morgan fingerprint density at radius 3 is 2.50 bits per heavy atom. The summed E-state index contributed by atoms with van der Waals surface area (Å²) < 4.78 is 41.2. The molecule has 1 aliphatic rings. The topological polar surface area (TPSA) is 9.23 Å². The van der Waals surface area contributed by atoms with Crippen LogP contribution < -0.4 is 0 Å². The zero-order chi connectivity index (χ0) is 7.78. The first-order valence-corrected chi connectivity index (χ1v) is 3.35. The van der Waals surface area contributed by atoms with Gasteiger partial charge in [-0.3, -0.25) is 0 Å². The molecule has 0 radical (unpaired) electrons. The molecule has 1 rings (SSSR count). The first-order chi connectivity index (χ1) is 4.56. The fourth-order valence-electron chi connectivity index (χ4n) is 0.643. The minimum absolute atomic E-state index is 0.109. The number of halogens is 3. The van der Waals surface area contributed by atoms with Crippen molar-refractivity contribution in [3.63, 3.8) is 0 Å². The summed E-state index contributed by atoms with van der Waals surface area (Å²) in [5.74, 6) is 0. The molecule has 5 heteroatoms. The molecule has 0 amide bonds. The van der Waals surface area contributed by atoms with Crippen molar-refractivity contribution in [2.24, 2.45) is 0 Å². The number of rotatable bonds is 1. The second-order valence-corrected chi connectivity index (χ2v) is 2.93. The number of ether oxygens (including phenoxy) is 1. The first kappa shape index (κ1) is 7.94. The molecule has 0 saturated carbocycles.